The average molecular weight is 294 g/mol. The first kappa shape index (κ1) is 13.2. The molecule has 1 aliphatic rings. The Kier molecular flexibility index (Phi) is 3.21. The fraction of sp³-hybridized carbons (Fsp3) is 0.375. The van der Waals surface area contributed by atoms with Crippen LogP contribution in [0, 0.1) is 6.92 Å². The average Bonchev–Trinajstić information content (AvgIpc) is 3.03. The van der Waals surface area contributed by atoms with Crippen molar-refractivity contribution in [1.29, 1.82) is 0 Å². The summed E-state index contributed by atoms with van der Waals surface area (Å²) in [6.45, 7) is 4.06. The lowest BCUT2D eigenvalue weighted by Gasteiger charge is -2.33. The molecule has 0 atom stereocenters. The normalized spacial score (nSPS) is 16.3. The number of pyridine rings is 1. The molecule has 4 heterocycles. The monoisotopic (exact) mass is 294 g/mol. The molecular formula is C16H18N6. The van der Waals surface area contributed by atoms with Crippen LogP contribution in [0.3, 0.4) is 0 Å². The Morgan fingerprint density at radius 1 is 1.14 bits per heavy atom. The van der Waals surface area contributed by atoms with E-state index in [0.29, 0.717) is 5.92 Å². The van der Waals surface area contributed by atoms with Crippen LogP contribution in [0.4, 0.5) is 5.69 Å². The molecule has 6 nitrogen and oxygen atoms in total. The lowest BCUT2D eigenvalue weighted by atomic mass is 9.90. The minimum atomic E-state index is 0.621. The van der Waals surface area contributed by atoms with Crippen molar-refractivity contribution in [3.63, 3.8) is 0 Å². The zero-order valence-corrected chi connectivity index (χ0v) is 12.6. The van der Waals surface area contributed by atoms with Gasteiger partial charge < -0.3 is 4.90 Å². The summed E-state index contributed by atoms with van der Waals surface area (Å²) in [5.41, 5.74) is 4.36. The minimum absolute atomic E-state index is 0.621. The van der Waals surface area contributed by atoms with Gasteiger partial charge in [0.2, 0.25) is 5.65 Å². The van der Waals surface area contributed by atoms with Crippen LogP contribution >= 0.6 is 0 Å². The van der Waals surface area contributed by atoms with E-state index in [1.165, 1.54) is 5.56 Å². The Labute approximate surface area is 128 Å². The molecule has 1 fully saturated rings. The fourth-order valence-electron chi connectivity index (χ4n) is 3.25. The Hall–Kier alpha value is -2.50. The third-order valence-electron chi connectivity index (χ3n) is 4.38. The Bertz CT molecular complexity index is 774. The summed E-state index contributed by atoms with van der Waals surface area (Å²) in [5.74, 6) is 0.621. The van der Waals surface area contributed by atoms with Crippen molar-refractivity contribution in [3.05, 3.63) is 48.2 Å². The van der Waals surface area contributed by atoms with Gasteiger partial charge in [0.1, 0.15) is 6.33 Å². The molecule has 112 valence electrons. The van der Waals surface area contributed by atoms with Crippen molar-refractivity contribution in [2.45, 2.75) is 25.7 Å². The van der Waals surface area contributed by atoms with Crippen LogP contribution in [0.2, 0.25) is 0 Å². The SMILES string of the molecule is Cc1cc(N2CCC(c3ccncc3)CC2)c2nncn2n1. The van der Waals surface area contributed by atoms with Crippen LogP contribution in [0.1, 0.15) is 30.0 Å². The van der Waals surface area contributed by atoms with Gasteiger partial charge in [0.15, 0.2) is 0 Å². The second-order valence-electron chi connectivity index (χ2n) is 5.81. The smallest absolute Gasteiger partial charge is 0.200 e. The van der Waals surface area contributed by atoms with E-state index in [9.17, 15) is 0 Å². The first-order valence-corrected chi connectivity index (χ1v) is 7.64. The molecule has 0 spiro atoms. The Balaban J connectivity index is 1.57. The maximum Gasteiger partial charge on any atom is 0.200 e. The lowest BCUT2D eigenvalue weighted by Crippen LogP contribution is -2.33. The second kappa shape index (κ2) is 5.36. The maximum atomic E-state index is 4.41. The van der Waals surface area contributed by atoms with Crippen molar-refractivity contribution in [1.82, 2.24) is 24.8 Å². The van der Waals surface area contributed by atoms with Gasteiger partial charge in [-0.15, -0.1) is 10.2 Å². The minimum Gasteiger partial charge on any atom is -0.368 e. The molecule has 0 N–H and O–H groups in total. The summed E-state index contributed by atoms with van der Waals surface area (Å²) in [7, 11) is 0. The number of fused-ring (bicyclic) bond motifs is 1. The summed E-state index contributed by atoms with van der Waals surface area (Å²) in [4.78, 5) is 6.50. The van der Waals surface area contributed by atoms with Gasteiger partial charge in [0, 0.05) is 25.5 Å². The summed E-state index contributed by atoms with van der Waals surface area (Å²) in [6.07, 6.45) is 7.72. The number of hydrogen-bond acceptors (Lipinski definition) is 5. The van der Waals surface area contributed by atoms with E-state index in [1.54, 1.807) is 10.8 Å². The fourth-order valence-corrected chi connectivity index (χ4v) is 3.25. The van der Waals surface area contributed by atoms with Crippen LogP contribution in [-0.4, -0.2) is 37.9 Å². The molecule has 0 saturated carbocycles. The van der Waals surface area contributed by atoms with Gasteiger partial charge in [-0.2, -0.15) is 9.61 Å². The molecule has 0 aromatic carbocycles. The summed E-state index contributed by atoms with van der Waals surface area (Å²) >= 11 is 0. The van der Waals surface area contributed by atoms with Gasteiger partial charge in [0.25, 0.3) is 0 Å². The van der Waals surface area contributed by atoms with Crippen molar-refractivity contribution < 1.29 is 0 Å². The van der Waals surface area contributed by atoms with E-state index in [4.69, 9.17) is 0 Å². The highest BCUT2D eigenvalue weighted by Gasteiger charge is 2.23. The van der Waals surface area contributed by atoms with Crippen molar-refractivity contribution in [2.24, 2.45) is 0 Å². The third kappa shape index (κ3) is 2.30. The number of piperidine rings is 1. The first-order valence-electron chi connectivity index (χ1n) is 7.64. The highest BCUT2D eigenvalue weighted by Crippen LogP contribution is 2.31. The highest BCUT2D eigenvalue weighted by molar-refractivity contribution is 5.68. The number of aromatic nitrogens is 5. The molecule has 1 aliphatic heterocycles. The van der Waals surface area contributed by atoms with E-state index in [2.05, 4.69) is 43.4 Å². The van der Waals surface area contributed by atoms with E-state index in [0.717, 1.165) is 43.0 Å². The van der Waals surface area contributed by atoms with Gasteiger partial charge in [-0.3, -0.25) is 4.98 Å². The zero-order valence-electron chi connectivity index (χ0n) is 12.6. The van der Waals surface area contributed by atoms with Gasteiger partial charge in [0.05, 0.1) is 11.4 Å². The quantitative estimate of drug-likeness (QED) is 0.725. The van der Waals surface area contributed by atoms with Gasteiger partial charge in [-0.25, -0.2) is 0 Å². The molecule has 0 amide bonds. The molecule has 1 saturated heterocycles. The van der Waals surface area contributed by atoms with Crippen LogP contribution in [0.25, 0.3) is 5.65 Å². The number of aryl methyl sites for hydroxylation is 1. The maximum absolute atomic E-state index is 4.41. The van der Waals surface area contributed by atoms with Crippen molar-refractivity contribution in [3.8, 4) is 0 Å². The zero-order chi connectivity index (χ0) is 14.9. The number of anilines is 1. The summed E-state index contributed by atoms with van der Waals surface area (Å²) in [6, 6.07) is 6.37. The van der Waals surface area contributed by atoms with Crippen molar-refractivity contribution >= 4 is 11.3 Å². The van der Waals surface area contributed by atoms with Crippen LogP contribution in [0.15, 0.2) is 36.9 Å². The summed E-state index contributed by atoms with van der Waals surface area (Å²) < 4.78 is 1.76. The molecule has 22 heavy (non-hydrogen) atoms. The van der Waals surface area contributed by atoms with E-state index in [-0.39, 0.29) is 0 Å². The molecule has 3 aromatic rings. The lowest BCUT2D eigenvalue weighted by molar-refractivity contribution is 0.505. The van der Waals surface area contributed by atoms with Gasteiger partial charge >= 0.3 is 0 Å². The molecular weight excluding hydrogens is 276 g/mol. The molecule has 3 aromatic heterocycles. The largest absolute Gasteiger partial charge is 0.368 e. The van der Waals surface area contributed by atoms with E-state index >= 15 is 0 Å². The van der Waals surface area contributed by atoms with Crippen molar-refractivity contribution in [2.75, 3.05) is 18.0 Å². The second-order valence-corrected chi connectivity index (χ2v) is 5.81. The molecule has 0 aliphatic carbocycles. The number of hydrogen-bond donors (Lipinski definition) is 0. The molecule has 6 heteroatoms. The standard InChI is InChI=1S/C16H18N6/c1-12-10-15(16-19-18-11-22(16)20-12)21-8-4-14(5-9-21)13-2-6-17-7-3-13/h2-3,6-7,10-11,14H,4-5,8-9H2,1H3. The molecule has 0 radical (unpaired) electrons. The topological polar surface area (TPSA) is 59.2 Å². The first-order chi connectivity index (χ1) is 10.8. The summed E-state index contributed by atoms with van der Waals surface area (Å²) in [5, 5.41) is 12.6. The molecule has 4 rings (SSSR count). The van der Waals surface area contributed by atoms with E-state index < -0.39 is 0 Å². The number of rotatable bonds is 2. The van der Waals surface area contributed by atoms with E-state index in [1.807, 2.05) is 19.3 Å². The highest BCUT2D eigenvalue weighted by atomic mass is 15.4. The third-order valence-corrected chi connectivity index (χ3v) is 4.38. The van der Waals surface area contributed by atoms with Crippen LogP contribution < -0.4 is 4.90 Å². The Morgan fingerprint density at radius 2 is 1.91 bits per heavy atom. The predicted octanol–water partition coefficient (Wildman–Crippen LogP) is 2.21. The molecule has 0 bridgehead atoms. The Morgan fingerprint density at radius 3 is 2.68 bits per heavy atom. The predicted molar refractivity (Wildman–Crippen MR) is 83.9 cm³/mol. The van der Waals surface area contributed by atoms with Gasteiger partial charge in [-0.1, -0.05) is 0 Å². The van der Waals surface area contributed by atoms with Gasteiger partial charge in [-0.05, 0) is 49.4 Å². The number of nitrogens with zero attached hydrogens (tertiary/aromatic N) is 6. The van der Waals surface area contributed by atoms with Crippen LogP contribution in [0.5, 0.6) is 0 Å². The van der Waals surface area contributed by atoms with Crippen LogP contribution in [-0.2, 0) is 0 Å². The molecule has 0 unspecified atom stereocenters.